The van der Waals surface area contributed by atoms with Gasteiger partial charge < -0.3 is 4.90 Å². The minimum Gasteiger partial charge on any atom is -0.303 e. The summed E-state index contributed by atoms with van der Waals surface area (Å²) in [5.74, 6) is 0.257. The summed E-state index contributed by atoms with van der Waals surface area (Å²) in [6, 6.07) is 21.1. The number of nitrogens with zero attached hydrogens (tertiary/aromatic N) is 3. The summed E-state index contributed by atoms with van der Waals surface area (Å²) in [6.07, 6.45) is 9.00. The highest BCUT2D eigenvalue weighted by Gasteiger charge is 2.53. The van der Waals surface area contributed by atoms with E-state index in [1.807, 2.05) is 4.90 Å². The van der Waals surface area contributed by atoms with Gasteiger partial charge in [-0.25, -0.2) is 13.8 Å². The number of amidine groups is 1. The van der Waals surface area contributed by atoms with Crippen molar-refractivity contribution >= 4 is 11.7 Å². The Bertz CT molecular complexity index is 1420. The fourth-order valence-electron chi connectivity index (χ4n) is 7.58. The molecule has 4 aliphatic rings. The molecular weight excluding hydrogens is 516 g/mol. The highest BCUT2D eigenvalue weighted by molar-refractivity contribution is 6.11. The molecule has 1 spiro atoms. The molecule has 4 nitrogen and oxygen atoms in total. The molecule has 6 heteroatoms. The number of hydrogen-bond acceptors (Lipinski definition) is 3. The molecule has 2 aliphatic heterocycles. The predicted octanol–water partition coefficient (Wildman–Crippen LogP) is 6.62. The summed E-state index contributed by atoms with van der Waals surface area (Å²) < 4.78 is 27.8. The maximum atomic E-state index is 14.4. The number of halogens is 2. The first-order valence-electron chi connectivity index (χ1n) is 15.2. The first-order chi connectivity index (χ1) is 20.0. The topological polar surface area (TPSA) is 35.9 Å². The van der Waals surface area contributed by atoms with Crippen molar-refractivity contribution in [1.82, 2.24) is 9.80 Å². The van der Waals surface area contributed by atoms with E-state index >= 15 is 0 Å². The van der Waals surface area contributed by atoms with E-state index in [1.54, 1.807) is 29.8 Å². The molecule has 0 bridgehead atoms. The fourth-order valence-corrected chi connectivity index (χ4v) is 7.58. The van der Waals surface area contributed by atoms with Crippen LogP contribution in [0.3, 0.4) is 0 Å². The minimum atomic E-state index is -1.32. The quantitative estimate of drug-likeness (QED) is 0.330. The van der Waals surface area contributed by atoms with E-state index in [1.165, 1.54) is 61.9 Å². The monoisotopic (exact) mass is 553 g/mol. The molecule has 1 atom stereocenters. The van der Waals surface area contributed by atoms with Gasteiger partial charge >= 0.3 is 0 Å². The van der Waals surface area contributed by atoms with Gasteiger partial charge in [0.1, 0.15) is 17.5 Å². The Balaban J connectivity index is 1.09. The summed E-state index contributed by atoms with van der Waals surface area (Å²) in [4.78, 5) is 24.0. The average molecular weight is 554 g/mol. The van der Waals surface area contributed by atoms with Gasteiger partial charge in [-0.15, -0.1) is 0 Å². The molecule has 7 rings (SSSR count). The van der Waals surface area contributed by atoms with Crippen LogP contribution in [0.4, 0.5) is 8.78 Å². The van der Waals surface area contributed by atoms with Gasteiger partial charge in [-0.2, -0.15) is 0 Å². The van der Waals surface area contributed by atoms with Crippen LogP contribution in [0.25, 0.3) is 0 Å². The first-order valence-corrected chi connectivity index (χ1v) is 15.2. The summed E-state index contributed by atoms with van der Waals surface area (Å²) in [6.45, 7) is 3.72. The number of amides is 1. The van der Waals surface area contributed by atoms with Crippen molar-refractivity contribution in [3.63, 3.8) is 0 Å². The third-order valence-corrected chi connectivity index (χ3v) is 9.93. The normalized spacial score (nSPS) is 24.0. The van der Waals surface area contributed by atoms with Crippen molar-refractivity contribution < 1.29 is 13.6 Å². The molecule has 1 unspecified atom stereocenters. The van der Waals surface area contributed by atoms with Crippen LogP contribution in [-0.2, 0) is 22.2 Å². The molecule has 3 aromatic rings. The molecule has 3 aromatic carbocycles. The first kappa shape index (κ1) is 26.5. The molecule has 1 saturated carbocycles. The van der Waals surface area contributed by atoms with Crippen molar-refractivity contribution in [1.29, 1.82) is 0 Å². The third kappa shape index (κ3) is 4.70. The Morgan fingerprint density at radius 2 is 1.49 bits per heavy atom. The zero-order valence-electron chi connectivity index (χ0n) is 23.5. The van der Waals surface area contributed by atoms with Crippen molar-refractivity contribution in [3.8, 4) is 0 Å². The number of rotatable bonds is 7. The average Bonchev–Trinajstić information content (AvgIpc) is 3.75. The van der Waals surface area contributed by atoms with Gasteiger partial charge in [-0.1, -0.05) is 48.5 Å². The number of aliphatic imine (C=N–C) groups is 1. The van der Waals surface area contributed by atoms with Crippen LogP contribution in [0.1, 0.15) is 67.2 Å². The molecule has 2 fully saturated rings. The van der Waals surface area contributed by atoms with Crippen LogP contribution in [0.2, 0.25) is 0 Å². The van der Waals surface area contributed by atoms with E-state index in [2.05, 4.69) is 29.2 Å². The highest BCUT2D eigenvalue weighted by Crippen LogP contribution is 2.47. The molecule has 0 aromatic heterocycles. The Labute approximate surface area is 241 Å². The summed E-state index contributed by atoms with van der Waals surface area (Å²) in [5.41, 5.74) is 3.35. The largest absolute Gasteiger partial charge is 0.303 e. The Hall–Kier alpha value is -3.38. The number of benzene rings is 3. The Morgan fingerprint density at radius 1 is 0.805 bits per heavy atom. The number of aryl methyl sites for hydroxylation is 1. The van der Waals surface area contributed by atoms with Crippen LogP contribution >= 0.6 is 0 Å². The number of fused-ring (bicyclic) bond motifs is 2. The molecule has 1 saturated heterocycles. The lowest BCUT2D eigenvalue weighted by atomic mass is 9.76. The molecular formula is C35H37F2N3O. The van der Waals surface area contributed by atoms with E-state index in [-0.39, 0.29) is 23.5 Å². The number of hydrogen-bond donors (Lipinski definition) is 0. The van der Waals surface area contributed by atoms with Gasteiger partial charge in [0.2, 0.25) is 0 Å². The molecule has 212 valence electrons. The lowest BCUT2D eigenvalue weighted by molar-refractivity contribution is -0.130. The molecule has 1 amide bonds. The van der Waals surface area contributed by atoms with Crippen LogP contribution in [0, 0.1) is 17.6 Å². The van der Waals surface area contributed by atoms with Crippen LogP contribution in [0.5, 0.6) is 0 Å². The van der Waals surface area contributed by atoms with Gasteiger partial charge in [0, 0.05) is 12.5 Å². The predicted molar refractivity (Wildman–Crippen MR) is 157 cm³/mol. The van der Waals surface area contributed by atoms with Crippen molar-refractivity contribution in [3.05, 3.63) is 107 Å². The number of carbonyl (C=O) groups excluding carboxylic acids is 1. The molecule has 0 radical (unpaired) electrons. The number of likely N-dealkylation sites (tertiary alicyclic amines) is 1. The van der Waals surface area contributed by atoms with E-state index in [4.69, 9.17) is 4.99 Å². The van der Waals surface area contributed by atoms with Crippen molar-refractivity contribution in [2.24, 2.45) is 10.9 Å². The number of carbonyl (C=O) groups is 1. The van der Waals surface area contributed by atoms with E-state index in [0.29, 0.717) is 23.1 Å². The zero-order chi connectivity index (χ0) is 28.0. The maximum absolute atomic E-state index is 14.4. The second kappa shape index (κ2) is 10.5. The molecule has 2 aliphatic carbocycles. The third-order valence-electron chi connectivity index (χ3n) is 9.93. The summed E-state index contributed by atoms with van der Waals surface area (Å²) in [5, 5.41) is 0. The lowest BCUT2D eigenvalue weighted by Gasteiger charge is -2.30. The van der Waals surface area contributed by atoms with Gasteiger partial charge in [0.15, 0.2) is 5.54 Å². The van der Waals surface area contributed by atoms with E-state index in [9.17, 15) is 13.6 Å². The Kier molecular flexibility index (Phi) is 6.77. The summed E-state index contributed by atoms with van der Waals surface area (Å²) >= 11 is 0. The summed E-state index contributed by atoms with van der Waals surface area (Å²) in [7, 11) is 0. The smallest absolute Gasteiger partial charge is 0.265 e. The molecule has 41 heavy (non-hydrogen) atoms. The second-order valence-corrected chi connectivity index (χ2v) is 12.4. The van der Waals surface area contributed by atoms with Crippen LogP contribution in [-0.4, -0.2) is 47.7 Å². The SMILES string of the molecule is O=C1N(CCCN2CCCC3(CCc4ccccc43)CC2)C(C2CC2)=NC1(c1ccc(F)cc1)c1ccc(F)cc1. The molecule has 0 N–H and O–H groups in total. The lowest BCUT2D eigenvalue weighted by Crippen LogP contribution is -2.43. The van der Waals surface area contributed by atoms with Gasteiger partial charge in [-0.3, -0.25) is 9.69 Å². The maximum Gasteiger partial charge on any atom is 0.265 e. The van der Waals surface area contributed by atoms with Crippen LogP contribution in [0.15, 0.2) is 77.8 Å². The minimum absolute atomic E-state index is 0.116. The van der Waals surface area contributed by atoms with Gasteiger partial charge in [0.05, 0.1) is 0 Å². The fraction of sp³-hybridized carbons (Fsp3) is 0.429. The van der Waals surface area contributed by atoms with Gasteiger partial charge in [-0.05, 0) is 123 Å². The molecule has 2 heterocycles. The van der Waals surface area contributed by atoms with Gasteiger partial charge in [0.25, 0.3) is 5.91 Å². The highest BCUT2D eigenvalue weighted by atomic mass is 19.1. The zero-order valence-corrected chi connectivity index (χ0v) is 23.5. The van der Waals surface area contributed by atoms with Crippen molar-refractivity contribution in [2.45, 2.75) is 62.3 Å². The van der Waals surface area contributed by atoms with E-state index < -0.39 is 5.54 Å². The van der Waals surface area contributed by atoms with Crippen LogP contribution < -0.4 is 0 Å². The van der Waals surface area contributed by atoms with E-state index in [0.717, 1.165) is 44.7 Å². The van der Waals surface area contributed by atoms with Crippen molar-refractivity contribution in [2.75, 3.05) is 26.2 Å². The Morgan fingerprint density at radius 3 is 2.17 bits per heavy atom. The second-order valence-electron chi connectivity index (χ2n) is 12.4. The standard InChI is InChI=1S/C35H37F2N3O/c36-29-13-9-27(10-14-29)35(28-11-15-30(37)16-12-28)33(41)40(32(38-35)26-7-8-26)23-4-22-39-21-3-18-34(20-24-39)19-17-25-5-1-2-6-31(25)34/h1-2,5-6,9-16,26H,3-4,7-8,17-24H2.